The lowest BCUT2D eigenvalue weighted by Gasteiger charge is -2.38. The number of hydrogen-bond acceptors (Lipinski definition) is 5. The van der Waals surface area contributed by atoms with Crippen molar-refractivity contribution in [1.29, 1.82) is 0 Å². The van der Waals surface area contributed by atoms with E-state index < -0.39 is 0 Å². The maximum absolute atomic E-state index is 9.60. The number of aryl methyl sites for hydroxylation is 1. The van der Waals surface area contributed by atoms with Gasteiger partial charge in [0.25, 0.3) is 0 Å². The summed E-state index contributed by atoms with van der Waals surface area (Å²) in [6.07, 6.45) is 2.02. The quantitative estimate of drug-likeness (QED) is 0.880. The molecule has 0 aliphatic carbocycles. The highest BCUT2D eigenvalue weighted by Crippen LogP contribution is 2.32. The van der Waals surface area contributed by atoms with E-state index in [1.807, 2.05) is 6.92 Å². The van der Waals surface area contributed by atoms with Gasteiger partial charge in [-0.2, -0.15) is 0 Å². The van der Waals surface area contributed by atoms with Gasteiger partial charge in [-0.15, -0.1) is 0 Å². The second-order valence-electron chi connectivity index (χ2n) is 5.58. The molecule has 1 aromatic rings. The fourth-order valence-electron chi connectivity index (χ4n) is 2.67. The van der Waals surface area contributed by atoms with Crippen LogP contribution in [0.3, 0.4) is 0 Å². The largest absolute Gasteiger partial charge is 0.395 e. The second kappa shape index (κ2) is 5.15. The van der Waals surface area contributed by atoms with Gasteiger partial charge in [-0.05, 0) is 25.8 Å². The highest BCUT2D eigenvalue weighted by atomic mass is 16.5. The molecule has 1 N–H and O–H groups in total. The van der Waals surface area contributed by atoms with E-state index in [1.165, 1.54) is 0 Å². The number of nitrogens with zero attached hydrogens (tertiary/aromatic N) is 2. The minimum absolute atomic E-state index is 0.0453. The predicted octanol–water partition coefficient (Wildman–Crippen LogP) is 0.939. The Balaban J connectivity index is 1.91. The van der Waals surface area contributed by atoms with Gasteiger partial charge in [0.2, 0.25) is 0 Å². The summed E-state index contributed by atoms with van der Waals surface area (Å²) in [5.74, 6) is 1.19. The van der Waals surface area contributed by atoms with Crippen LogP contribution in [0, 0.1) is 6.92 Å². The minimum atomic E-state index is -0.383. The summed E-state index contributed by atoms with van der Waals surface area (Å²) in [4.78, 5) is 9.23. The van der Waals surface area contributed by atoms with E-state index >= 15 is 0 Å². The topological polar surface area (TPSA) is 64.5 Å². The van der Waals surface area contributed by atoms with E-state index in [0.717, 1.165) is 43.3 Å². The average Bonchev–Trinajstić information content (AvgIpc) is 2.39. The Morgan fingerprint density at radius 1 is 1.26 bits per heavy atom. The van der Waals surface area contributed by atoms with E-state index in [9.17, 15) is 5.11 Å². The summed E-state index contributed by atoms with van der Waals surface area (Å²) in [6.45, 7) is 4.66. The van der Waals surface area contributed by atoms with E-state index in [2.05, 4.69) is 11.1 Å². The molecular weight excluding hydrogens is 244 g/mol. The highest BCUT2D eigenvalue weighted by molar-refractivity contribution is 5.21. The van der Waals surface area contributed by atoms with Crippen LogP contribution in [0.25, 0.3) is 0 Å². The standard InChI is InChI=1S/C14H20N2O3/c1-10-6-12(11-2-4-18-5-3-11)16-13(15-10)14(7-17)8-19-9-14/h6,11,17H,2-5,7-9H2,1H3. The number of aliphatic hydroxyl groups excluding tert-OH is 1. The van der Waals surface area contributed by atoms with Gasteiger partial charge in [0.15, 0.2) is 0 Å². The van der Waals surface area contributed by atoms with Crippen LogP contribution in [-0.4, -0.2) is 48.1 Å². The summed E-state index contributed by atoms with van der Waals surface area (Å²) in [6, 6.07) is 2.06. The van der Waals surface area contributed by atoms with Crippen LogP contribution in [0.1, 0.15) is 36.0 Å². The van der Waals surface area contributed by atoms with Crippen LogP contribution in [0.2, 0.25) is 0 Å². The number of aliphatic hydroxyl groups is 1. The van der Waals surface area contributed by atoms with Crippen LogP contribution < -0.4 is 0 Å². The van der Waals surface area contributed by atoms with Gasteiger partial charge in [-0.3, -0.25) is 0 Å². The molecule has 1 aromatic heterocycles. The molecule has 0 saturated carbocycles. The number of hydrogen-bond donors (Lipinski definition) is 1. The fraction of sp³-hybridized carbons (Fsp3) is 0.714. The molecule has 19 heavy (non-hydrogen) atoms. The van der Waals surface area contributed by atoms with E-state index in [1.54, 1.807) is 0 Å². The molecule has 5 nitrogen and oxygen atoms in total. The monoisotopic (exact) mass is 264 g/mol. The zero-order chi connectivity index (χ0) is 13.3. The Bertz CT molecular complexity index is 448. The molecule has 0 aromatic carbocycles. The molecule has 3 heterocycles. The summed E-state index contributed by atoms with van der Waals surface area (Å²) < 4.78 is 10.6. The van der Waals surface area contributed by atoms with Crippen LogP contribution in [0.5, 0.6) is 0 Å². The Labute approximate surface area is 113 Å². The van der Waals surface area contributed by atoms with E-state index in [0.29, 0.717) is 19.1 Å². The lowest BCUT2D eigenvalue weighted by atomic mass is 9.85. The summed E-state index contributed by atoms with van der Waals surface area (Å²) in [5.41, 5.74) is 1.67. The molecule has 2 aliphatic heterocycles. The van der Waals surface area contributed by atoms with Crippen LogP contribution in [0.15, 0.2) is 6.07 Å². The molecule has 2 aliphatic rings. The molecule has 0 unspecified atom stereocenters. The van der Waals surface area contributed by atoms with Crippen molar-refractivity contribution >= 4 is 0 Å². The lowest BCUT2D eigenvalue weighted by Crippen LogP contribution is -2.51. The number of aromatic nitrogens is 2. The van der Waals surface area contributed by atoms with Gasteiger partial charge in [-0.25, -0.2) is 9.97 Å². The van der Waals surface area contributed by atoms with E-state index in [-0.39, 0.29) is 12.0 Å². The van der Waals surface area contributed by atoms with Crippen LogP contribution in [-0.2, 0) is 14.9 Å². The average molecular weight is 264 g/mol. The van der Waals surface area contributed by atoms with Gasteiger partial charge in [0.1, 0.15) is 5.82 Å². The van der Waals surface area contributed by atoms with Crippen molar-refractivity contribution in [2.45, 2.75) is 31.1 Å². The molecular formula is C14H20N2O3. The number of rotatable bonds is 3. The fourth-order valence-corrected chi connectivity index (χ4v) is 2.67. The third kappa shape index (κ3) is 2.38. The second-order valence-corrected chi connectivity index (χ2v) is 5.58. The maximum Gasteiger partial charge on any atom is 0.141 e. The van der Waals surface area contributed by atoms with Crippen LogP contribution >= 0.6 is 0 Å². The zero-order valence-corrected chi connectivity index (χ0v) is 11.3. The molecule has 2 saturated heterocycles. The normalized spacial score (nSPS) is 23.1. The van der Waals surface area contributed by atoms with Gasteiger partial charge < -0.3 is 14.6 Å². The first kappa shape index (κ1) is 13.0. The lowest BCUT2D eigenvalue weighted by molar-refractivity contribution is -0.0886. The Kier molecular flexibility index (Phi) is 3.52. The third-order valence-electron chi connectivity index (χ3n) is 4.05. The summed E-state index contributed by atoms with van der Waals surface area (Å²) in [7, 11) is 0. The van der Waals surface area contributed by atoms with Crippen molar-refractivity contribution in [2.75, 3.05) is 33.0 Å². The molecule has 0 bridgehead atoms. The highest BCUT2D eigenvalue weighted by Gasteiger charge is 2.43. The predicted molar refractivity (Wildman–Crippen MR) is 69.1 cm³/mol. The van der Waals surface area contributed by atoms with Crippen molar-refractivity contribution in [3.05, 3.63) is 23.3 Å². The molecule has 0 radical (unpaired) electrons. The van der Waals surface area contributed by atoms with Crippen molar-refractivity contribution in [1.82, 2.24) is 9.97 Å². The maximum atomic E-state index is 9.60. The third-order valence-corrected chi connectivity index (χ3v) is 4.05. The van der Waals surface area contributed by atoms with Gasteiger partial charge in [0.05, 0.1) is 25.2 Å². The molecule has 0 amide bonds. The van der Waals surface area contributed by atoms with Crippen molar-refractivity contribution in [3.8, 4) is 0 Å². The molecule has 0 atom stereocenters. The Morgan fingerprint density at radius 3 is 2.58 bits per heavy atom. The zero-order valence-electron chi connectivity index (χ0n) is 11.3. The number of ether oxygens (including phenoxy) is 2. The molecule has 5 heteroatoms. The Hall–Kier alpha value is -1.04. The van der Waals surface area contributed by atoms with Crippen molar-refractivity contribution in [2.24, 2.45) is 0 Å². The van der Waals surface area contributed by atoms with Crippen LogP contribution in [0.4, 0.5) is 0 Å². The smallest absolute Gasteiger partial charge is 0.141 e. The first-order valence-corrected chi connectivity index (χ1v) is 6.86. The first-order valence-electron chi connectivity index (χ1n) is 6.86. The molecule has 3 rings (SSSR count). The molecule has 0 spiro atoms. The summed E-state index contributed by atoms with van der Waals surface area (Å²) >= 11 is 0. The van der Waals surface area contributed by atoms with Gasteiger partial charge in [-0.1, -0.05) is 0 Å². The minimum Gasteiger partial charge on any atom is -0.395 e. The molecule has 104 valence electrons. The SMILES string of the molecule is Cc1cc(C2CCOCC2)nc(C2(CO)COC2)n1. The van der Waals surface area contributed by atoms with Gasteiger partial charge >= 0.3 is 0 Å². The molecule has 2 fully saturated rings. The van der Waals surface area contributed by atoms with Crippen molar-refractivity contribution < 1.29 is 14.6 Å². The first-order chi connectivity index (χ1) is 9.23. The van der Waals surface area contributed by atoms with E-state index in [4.69, 9.17) is 14.5 Å². The summed E-state index contributed by atoms with van der Waals surface area (Å²) in [5, 5.41) is 9.60. The van der Waals surface area contributed by atoms with Gasteiger partial charge in [0, 0.05) is 30.5 Å². The Morgan fingerprint density at radius 2 is 2.00 bits per heavy atom. The van der Waals surface area contributed by atoms with Crippen molar-refractivity contribution in [3.63, 3.8) is 0 Å².